The van der Waals surface area contributed by atoms with E-state index < -0.39 is 0 Å². The second kappa shape index (κ2) is 11.8. The quantitative estimate of drug-likeness (QED) is 0.175. The van der Waals surface area contributed by atoms with Crippen molar-refractivity contribution in [3.63, 3.8) is 0 Å². The van der Waals surface area contributed by atoms with Crippen LogP contribution in [0.4, 0.5) is 4.39 Å². The summed E-state index contributed by atoms with van der Waals surface area (Å²) in [6.45, 7) is 1.55. The average molecular weight is 572 g/mol. The predicted octanol–water partition coefficient (Wildman–Crippen LogP) is 6.64. The third-order valence-corrected chi connectivity index (χ3v) is 8.16. The lowest BCUT2D eigenvalue weighted by atomic mass is 10.1. The zero-order valence-corrected chi connectivity index (χ0v) is 23.2. The lowest BCUT2D eigenvalue weighted by molar-refractivity contribution is -0.123. The number of thiocarbonyl (C=S) groups is 1. The molecule has 6 nitrogen and oxygen atoms in total. The summed E-state index contributed by atoms with van der Waals surface area (Å²) < 4.78 is 27.2. The van der Waals surface area contributed by atoms with Crippen molar-refractivity contribution >= 4 is 40.3 Å². The molecule has 6 rings (SSSR count). The standard InChI is InChI=1S/C31H26FN3O3S2/c32-24-12-8-21(9-13-24)20-38-26-14-10-22(11-15-26)29-23(18-35(33-29)25-5-2-1-3-6-25)17-28-30(36)34(31(39)40-28)19-27-7-4-16-37-27/h1-3,5-6,8-15,17-18,27H,4,7,16,19-20H2/b28-17-/t27-/m1/s1. The zero-order chi connectivity index (χ0) is 27.5. The molecule has 1 aromatic heterocycles. The van der Waals surface area contributed by atoms with E-state index in [0.29, 0.717) is 28.1 Å². The van der Waals surface area contributed by atoms with Crippen molar-refractivity contribution in [2.24, 2.45) is 0 Å². The summed E-state index contributed by atoms with van der Waals surface area (Å²) in [5.74, 6) is 0.310. The van der Waals surface area contributed by atoms with Gasteiger partial charge in [0, 0.05) is 23.9 Å². The largest absolute Gasteiger partial charge is 0.489 e. The lowest BCUT2D eigenvalue weighted by Crippen LogP contribution is -2.35. The van der Waals surface area contributed by atoms with Crippen LogP contribution in [-0.4, -0.2) is 44.2 Å². The van der Waals surface area contributed by atoms with Crippen LogP contribution in [0, 0.1) is 5.82 Å². The van der Waals surface area contributed by atoms with E-state index in [1.807, 2.05) is 71.6 Å². The van der Waals surface area contributed by atoms with Crippen LogP contribution in [0.25, 0.3) is 23.0 Å². The van der Waals surface area contributed by atoms with Crippen LogP contribution >= 0.6 is 24.0 Å². The fourth-order valence-corrected chi connectivity index (χ4v) is 5.94. The Balaban J connectivity index is 1.27. The van der Waals surface area contributed by atoms with Crippen LogP contribution in [0.1, 0.15) is 24.0 Å². The van der Waals surface area contributed by atoms with Crippen LogP contribution in [-0.2, 0) is 16.1 Å². The van der Waals surface area contributed by atoms with E-state index in [0.717, 1.165) is 47.5 Å². The highest BCUT2D eigenvalue weighted by atomic mass is 32.2. The molecular weight excluding hydrogens is 545 g/mol. The number of hydrogen-bond donors (Lipinski definition) is 0. The van der Waals surface area contributed by atoms with E-state index in [9.17, 15) is 9.18 Å². The van der Waals surface area contributed by atoms with Gasteiger partial charge in [0.2, 0.25) is 0 Å². The van der Waals surface area contributed by atoms with Crippen molar-refractivity contribution in [1.29, 1.82) is 0 Å². The number of amides is 1. The molecule has 2 aliphatic heterocycles. The van der Waals surface area contributed by atoms with E-state index >= 15 is 0 Å². The normalized spacial score (nSPS) is 18.2. The van der Waals surface area contributed by atoms with Crippen LogP contribution in [0.15, 0.2) is 90.0 Å². The summed E-state index contributed by atoms with van der Waals surface area (Å²) in [5, 5.41) is 4.88. The van der Waals surface area contributed by atoms with Crippen molar-refractivity contribution < 1.29 is 18.7 Å². The maximum Gasteiger partial charge on any atom is 0.266 e. The second-order valence-electron chi connectivity index (χ2n) is 9.58. The number of hydrogen-bond acceptors (Lipinski definition) is 6. The highest BCUT2D eigenvalue weighted by Crippen LogP contribution is 2.36. The first-order chi connectivity index (χ1) is 19.5. The van der Waals surface area contributed by atoms with E-state index in [1.54, 1.807) is 17.0 Å². The van der Waals surface area contributed by atoms with E-state index in [1.165, 1.54) is 23.9 Å². The number of ether oxygens (including phenoxy) is 2. The molecule has 1 amide bonds. The molecule has 0 aliphatic carbocycles. The van der Waals surface area contributed by atoms with Gasteiger partial charge in [-0.25, -0.2) is 9.07 Å². The topological polar surface area (TPSA) is 56.6 Å². The number of carbonyl (C=O) groups excluding carboxylic acids is 1. The summed E-state index contributed by atoms with van der Waals surface area (Å²) in [6, 6.07) is 23.7. The molecule has 0 unspecified atom stereocenters. The lowest BCUT2D eigenvalue weighted by Gasteiger charge is -2.18. The summed E-state index contributed by atoms with van der Waals surface area (Å²) in [4.78, 5) is 15.5. The number of para-hydroxylation sites is 1. The van der Waals surface area contributed by atoms with Crippen molar-refractivity contribution in [3.8, 4) is 22.7 Å². The Hall–Kier alpha value is -3.79. The number of halogens is 1. The van der Waals surface area contributed by atoms with Gasteiger partial charge in [0.1, 0.15) is 22.5 Å². The van der Waals surface area contributed by atoms with Crippen LogP contribution in [0.5, 0.6) is 5.75 Å². The summed E-state index contributed by atoms with van der Waals surface area (Å²) >= 11 is 6.86. The van der Waals surface area contributed by atoms with E-state index in [2.05, 4.69) is 0 Å². The molecule has 9 heteroatoms. The molecule has 2 saturated heterocycles. The van der Waals surface area contributed by atoms with Gasteiger partial charge in [0.15, 0.2) is 0 Å². The predicted molar refractivity (Wildman–Crippen MR) is 159 cm³/mol. The highest BCUT2D eigenvalue weighted by Gasteiger charge is 2.35. The maximum absolute atomic E-state index is 13.3. The maximum atomic E-state index is 13.3. The summed E-state index contributed by atoms with van der Waals surface area (Å²) in [6.07, 6.45) is 5.77. The van der Waals surface area contributed by atoms with Crippen molar-refractivity contribution in [2.45, 2.75) is 25.6 Å². The molecule has 1 atom stereocenters. The van der Waals surface area contributed by atoms with E-state index in [-0.39, 0.29) is 17.8 Å². The van der Waals surface area contributed by atoms with E-state index in [4.69, 9.17) is 26.8 Å². The van der Waals surface area contributed by atoms with Gasteiger partial charge in [0.05, 0.1) is 28.9 Å². The average Bonchev–Trinajstić information content (AvgIpc) is 3.71. The molecule has 0 spiro atoms. The van der Waals surface area contributed by atoms with Gasteiger partial charge in [-0.05, 0) is 73.0 Å². The minimum absolute atomic E-state index is 0.0297. The molecule has 2 fully saturated rings. The van der Waals surface area contributed by atoms with Crippen molar-refractivity contribution in [2.75, 3.05) is 13.2 Å². The Morgan fingerprint density at radius 2 is 1.85 bits per heavy atom. The first kappa shape index (κ1) is 26.4. The van der Waals surface area contributed by atoms with Crippen LogP contribution < -0.4 is 4.74 Å². The number of carbonyl (C=O) groups is 1. The Labute approximate surface area is 241 Å². The molecule has 3 aromatic carbocycles. The Kier molecular flexibility index (Phi) is 7.77. The van der Waals surface area contributed by atoms with Crippen molar-refractivity contribution in [1.82, 2.24) is 14.7 Å². The third-order valence-electron chi connectivity index (χ3n) is 6.78. The molecule has 0 saturated carbocycles. The number of thioether (sulfide) groups is 1. The fourth-order valence-electron chi connectivity index (χ4n) is 4.68. The summed E-state index contributed by atoms with van der Waals surface area (Å²) in [5.41, 5.74) is 4.21. The molecule has 0 radical (unpaired) electrons. The molecule has 40 heavy (non-hydrogen) atoms. The summed E-state index contributed by atoms with van der Waals surface area (Å²) in [7, 11) is 0. The number of benzene rings is 3. The first-order valence-electron chi connectivity index (χ1n) is 13.0. The molecule has 202 valence electrons. The van der Waals surface area contributed by atoms with Gasteiger partial charge < -0.3 is 9.47 Å². The Morgan fingerprint density at radius 3 is 2.58 bits per heavy atom. The number of rotatable bonds is 8. The molecular formula is C31H26FN3O3S2. The number of nitrogens with zero attached hydrogens (tertiary/aromatic N) is 3. The first-order valence-corrected chi connectivity index (χ1v) is 14.3. The fraction of sp³-hybridized carbons (Fsp3) is 0.194. The monoisotopic (exact) mass is 571 g/mol. The molecule has 2 aliphatic rings. The van der Waals surface area contributed by atoms with Crippen LogP contribution in [0.2, 0.25) is 0 Å². The van der Waals surface area contributed by atoms with Crippen LogP contribution in [0.3, 0.4) is 0 Å². The Morgan fingerprint density at radius 1 is 1.07 bits per heavy atom. The highest BCUT2D eigenvalue weighted by molar-refractivity contribution is 8.26. The molecule has 0 N–H and O–H groups in total. The third kappa shape index (κ3) is 5.86. The van der Waals surface area contributed by atoms with Gasteiger partial charge >= 0.3 is 0 Å². The molecule has 0 bridgehead atoms. The molecule has 3 heterocycles. The van der Waals surface area contributed by atoms with Gasteiger partial charge in [-0.15, -0.1) is 0 Å². The minimum Gasteiger partial charge on any atom is -0.489 e. The SMILES string of the molecule is O=C1/C(=C/c2cn(-c3ccccc3)nc2-c2ccc(OCc3ccc(F)cc3)cc2)SC(=S)N1C[C@H]1CCCO1. The zero-order valence-electron chi connectivity index (χ0n) is 21.5. The van der Waals surface area contributed by atoms with Gasteiger partial charge in [-0.3, -0.25) is 9.69 Å². The van der Waals surface area contributed by atoms with Gasteiger partial charge in [-0.1, -0.05) is 54.3 Å². The van der Waals surface area contributed by atoms with Gasteiger partial charge in [0.25, 0.3) is 5.91 Å². The second-order valence-corrected chi connectivity index (χ2v) is 11.3. The minimum atomic E-state index is -0.274. The number of aromatic nitrogens is 2. The Bertz CT molecular complexity index is 1550. The van der Waals surface area contributed by atoms with Crippen molar-refractivity contribution in [3.05, 3.63) is 107 Å². The molecule has 4 aromatic rings. The smallest absolute Gasteiger partial charge is 0.266 e. The van der Waals surface area contributed by atoms with Gasteiger partial charge in [-0.2, -0.15) is 5.10 Å².